The van der Waals surface area contributed by atoms with Crippen molar-refractivity contribution in [3.05, 3.63) is 52.0 Å². The van der Waals surface area contributed by atoms with Gasteiger partial charge in [0.15, 0.2) is 0 Å². The monoisotopic (exact) mass is 245 g/mol. The predicted octanol–water partition coefficient (Wildman–Crippen LogP) is 3.20. The molecule has 0 aliphatic carbocycles. The zero-order valence-corrected chi connectivity index (χ0v) is 10.7. The number of nitrogens with zero attached hydrogens (tertiary/aromatic N) is 1. The second kappa shape index (κ2) is 5.73. The first-order chi connectivity index (χ1) is 8.24. The lowest BCUT2D eigenvalue weighted by Gasteiger charge is -2.01. The Balaban J connectivity index is 1.82. The Morgan fingerprint density at radius 2 is 2.06 bits per heavy atom. The highest BCUT2D eigenvalue weighted by molar-refractivity contribution is 7.09. The highest BCUT2D eigenvalue weighted by Crippen LogP contribution is 2.09. The van der Waals surface area contributed by atoms with Gasteiger partial charge < -0.3 is 0 Å². The van der Waals surface area contributed by atoms with E-state index in [-0.39, 0.29) is 5.78 Å². The number of hydrogen-bond acceptors (Lipinski definition) is 3. The van der Waals surface area contributed by atoms with E-state index in [1.54, 1.807) is 17.5 Å². The number of carbonyl (C=O) groups is 1. The van der Waals surface area contributed by atoms with Gasteiger partial charge in [0.1, 0.15) is 5.78 Å². The van der Waals surface area contributed by atoms with E-state index in [1.807, 2.05) is 5.38 Å². The fourth-order valence-electron chi connectivity index (χ4n) is 1.64. The number of thiazole rings is 1. The summed E-state index contributed by atoms with van der Waals surface area (Å²) in [6.07, 6.45) is 3.64. The molecule has 0 N–H and O–H groups in total. The molecule has 0 unspecified atom stereocenters. The lowest BCUT2D eigenvalue weighted by atomic mass is 10.1. The van der Waals surface area contributed by atoms with Crippen LogP contribution in [0.3, 0.4) is 0 Å². The van der Waals surface area contributed by atoms with E-state index in [0.717, 1.165) is 11.4 Å². The average Bonchev–Trinajstić information content (AvgIpc) is 2.81. The lowest BCUT2D eigenvalue weighted by molar-refractivity contribution is -0.118. The third kappa shape index (κ3) is 3.79. The van der Waals surface area contributed by atoms with Crippen molar-refractivity contribution in [2.45, 2.75) is 26.2 Å². The normalized spacial score (nSPS) is 10.4. The molecule has 2 nitrogen and oxygen atoms in total. The second-order valence-corrected chi connectivity index (χ2v) is 5.11. The molecule has 17 heavy (non-hydrogen) atoms. The third-order valence-corrected chi connectivity index (χ3v) is 3.42. The van der Waals surface area contributed by atoms with E-state index < -0.39 is 0 Å². The maximum absolute atomic E-state index is 11.7. The largest absolute Gasteiger partial charge is 0.299 e. The fourth-order valence-corrected chi connectivity index (χ4v) is 2.28. The molecule has 0 bridgehead atoms. The molecule has 0 aliphatic heterocycles. The van der Waals surface area contributed by atoms with Gasteiger partial charge in [0.05, 0.1) is 11.4 Å². The van der Waals surface area contributed by atoms with Crippen LogP contribution in [-0.2, 0) is 17.6 Å². The number of benzene rings is 1. The first-order valence-corrected chi connectivity index (χ1v) is 6.57. The van der Waals surface area contributed by atoms with E-state index in [4.69, 9.17) is 0 Å². The van der Waals surface area contributed by atoms with Gasteiger partial charge in [-0.2, -0.15) is 0 Å². The van der Waals surface area contributed by atoms with Crippen molar-refractivity contribution in [3.63, 3.8) is 0 Å². The van der Waals surface area contributed by atoms with Crippen LogP contribution in [0.1, 0.15) is 22.6 Å². The van der Waals surface area contributed by atoms with E-state index in [1.165, 1.54) is 11.1 Å². The minimum atomic E-state index is 0.264. The van der Waals surface area contributed by atoms with Gasteiger partial charge >= 0.3 is 0 Å². The van der Waals surface area contributed by atoms with Crippen molar-refractivity contribution >= 4 is 17.1 Å². The first kappa shape index (κ1) is 12.0. The van der Waals surface area contributed by atoms with Crippen LogP contribution in [0.5, 0.6) is 0 Å². The minimum absolute atomic E-state index is 0.264. The molecule has 88 valence electrons. The van der Waals surface area contributed by atoms with Gasteiger partial charge in [0.2, 0.25) is 0 Å². The molecule has 2 rings (SSSR count). The molecule has 0 fully saturated rings. The van der Waals surface area contributed by atoms with Gasteiger partial charge in [-0.3, -0.25) is 4.79 Å². The molecule has 0 saturated carbocycles. The molecule has 0 spiro atoms. The Morgan fingerprint density at radius 1 is 1.29 bits per heavy atom. The first-order valence-electron chi connectivity index (χ1n) is 5.69. The van der Waals surface area contributed by atoms with Crippen molar-refractivity contribution < 1.29 is 4.79 Å². The van der Waals surface area contributed by atoms with E-state index in [0.29, 0.717) is 12.8 Å². The topological polar surface area (TPSA) is 30.0 Å². The van der Waals surface area contributed by atoms with Crippen LogP contribution >= 0.6 is 11.3 Å². The molecule has 0 aliphatic rings. The standard InChI is InChI=1S/C14H15NOS/c1-11-2-4-12(5-3-11)6-7-13(16)10-14-15-8-9-17-14/h2-5,8-9H,6-7,10H2,1H3. The molecule has 0 saturated heterocycles. The summed E-state index contributed by atoms with van der Waals surface area (Å²) < 4.78 is 0. The molecule has 1 aromatic heterocycles. The summed E-state index contributed by atoms with van der Waals surface area (Å²) in [6.45, 7) is 2.07. The third-order valence-electron chi connectivity index (χ3n) is 2.64. The number of carbonyl (C=O) groups excluding carboxylic acids is 1. The molecular formula is C14H15NOS. The maximum Gasteiger partial charge on any atom is 0.140 e. The highest BCUT2D eigenvalue weighted by atomic mass is 32.1. The number of aryl methyl sites for hydroxylation is 2. The Kier molecular flexibility index (Phi) is 4.04. The summed E-state index contributed by atoms with van der Waals surface area (Å²) in [5.41, 5.74) is 2.48. The number of ketones is 1. The second-order valence-electron chi connectivity index (χ2n) is 4.13. The van der Waals surface area contributed by atoms with Crippen LogP contribution in [0.2, 0.25) is 0 Å². The zero-order chi connectivity index (χ0) is 12.1. The van der Waals surface area contributed by atoms with Crippen LogP contribution in [0.15, 0.2) is 35.8 Å². The van der Waals surface area contributed by atoms with Gasteiger partial charge in [-0.1, -0.05) is 29.8 Å². The van der Waals surface area contributed by atoms with Crippen LogP contribution < -0.4 is 0 Å². The smallest absolute Gasteiger partial charge is 0.140 e. The average molecular weight is 245 g/mol. The molecule has 0 atom stereocenters. The number of rotatable bonds is 5. The van der Waals surface area contributed by atoms with Crippen LogP contribution in [-0.4, -0.2) is 10.8 Å². The molecule has 2 aromatic rings. The lowest BCUT2D eigenvalue weighted by Crippen LogP contribution is -2.03. The van der Waals surface area contributed by atoms with Crippen molar-refractivity contribution in [1.29, 1.82) is 0 Å². The summed E-state index contributed by atoms with van der Waals surface area (Å²) in [5.74, 6) is 0.264. The molecule has 0 radical (unpaired) electrons. The molecular weight excluding hydrogens is 230 g/mol. The summed E-state index contributed by atoms with van der Waals surface area (Å²) in [6, 6.07) is 8.35. The Bertz CT molecular complexity index is 473. The SMILES string of the molecule is Cc1ccc(CCC(=O)Cc2nccs2)cc1. The highest BCUT2D eigenvalue weighted by Gasteiger charge is 2.06. The summed E-state index contributed by atoms with van der Waals surface area (Å²) in [5, 5.41) is 2.82. The minimum Gasteiger partial charge on any atom is -0.299 e. The molecule has 3 heteroatoms. The van der Waals surface area contributed by atoms with Crippen molar-refractivity contribution in [1.82, 2.24) is 4.98 Å². The van der Waals surface area contributed by atoms with Gasteiger partial charge in [-0.15, -0.1) is 11.3 Å². The van der Waals surface area contributed by atoms with Crippen LogP contribution in [0, 0.1) is 6.92 Å². The number of hydrogen-bond donors (Lipinski definition) is 0. The fraction of sp³-hybridized carbons (Fsp3) is 0.286. The number of Topliss-reactive ketones (excluding diaryl/α,β-unsaturated/α-hetero) is 1. The van der Waals surface area contributed by atoms with Gasteiger partial charge in [0.25, 0.3) is 0 Å². The van der Waals surface area contributed by atoms with Crippen LogP contribution in [0.25, 0.3) is 0 Å². The van der Waals surface area contributed by atoms with E-state index in [9.17, 15) is 4.79 Å². The summed E-state index contributed by atoms with van der Waals surface area (Å²) in [4.78, 5) is 15.8. The van der Waals surface area contributed by atoms with Crippen molar-refractivity contribution in [3.8, 4) is 0 Å². The molecule has 1 aromatic carbocycles. The van der Waals surface area contributed by atoms with Gasteiger partial charge in [0, 0.05) is 18.0 Å². The molecule has 0 amide bonds. The Hall–Kier alpha value is -1.48. The number of aromatic nitrogens is 1. The van der Waals surface area contributed by atoms with Gasteiger partial charge in [-0.05, 0) is 18.9 Å². The van der Waals surface area contributed by atoms with Crippen molar-refractivity contribution in [2.24, 2.45) is 0 Å². The summed E-state index contributed by atoms with van der Waals surface area (Å²) >= 11 is 1.54. The summed E-state index contributed by atoms with van der Waals surface area (Å²) in [7, 11) is 0. The van der Waals surface area contributed by atoms with E-state index >= 15 is 0 Å². The van der Waals surface area contributed by atoms with Crippen molar-refractivity contribution in [2.75, 3.05) is 0 Å². The van der Waals surface area contributed by atoms with E-state index in [2.05, 4.69) is 36.2 Å². The van der Waals surface area contributed by atoms with Crippen LogP contribution in [0.4, 0.5) is 0 Å². The molecule has 1 heterocycles. The predicted molar refractivity (Wildman–Crippen MR) is 70.3 cm³/mol. The van der Waals surface area contributed by atoms with Gasteiger partial charge in [-0.25, -0.2) is 4.98 Å². The Morgan fingerprint density at radius 3 is 2.71 bits per heavy atom. The zero-order valence-electron chi connectivity index (χ0n) is 9.85. The quantitative estimate of drug-likeness (QED) is 0.809. The Labute approximate surface area is 105 Å². The maximum atomic E-state index is 11.7.